The lowest BCUT2D eigenvalue weighted by Gasteiger charge is -2.11. The smallest absolute Gasteiger partial charge is 0.258 e. The number of halogens is 1. The number of amides is 2. The summed E-state index contributed by atoms with van der Waals surface area (Å²) in [5, 5.41) is 8.49. The molecule has 0 unspecified atom stereocenters. The van der Waals surface area contributed by atoms with Crippen LogP contribution < -0.4 is 10.6 Å². The van der Waals surface area contributed by atoms with E-state index in [1.54, 1.807) is 42.5 Å². The molecule has 3 aromatic rings. The van der Waals surface area contributed by atoms with Gasteiger partial charge in [0.1, 0.15) is 5.82 Å². The fourth-order valence-corrected chi connectivity index (χ4v) is 3.51. The van der Waals surface area contributed by atoms with Gasteiger partial charge in [-0.05, 0) is 36.8 Å². The Labute approximate surface area is 173 Å². The second-order valence-electron chi connectivity index (χ2n) is 6.98. The van der Waals surface area contributed by atoms with Crippen molar-refractivity contribution in [2.45, 2.75) is 33.2 Å². The Bertz CT molecular complexity index is 1050. The molecule has 0 aliphatic rings. The molecule has 7 heteroatoms. The van der Waals surface area contributed by atoms with Crippen molar-refractivity contribution >= 4 is 28.8 Å². The van der Waals surface area contributed by atoms with Crippen LogP contribution in [0.25, 0.3) is 0 Å². The first-order chi connectivity index (χ1) is 13.8. The molecule has 0 fully saturated rings. The van der Waals surface area contributed by atoms with Crippen molar-refractivity contribution < 1.29 is 14.0 Å². The van der Waals surface area contributed by atoms with Gasteiger partial charge in [0.15, 0.2) is 0 Å². The Morgan fingerprint density at radius 1 is 1.14 bits per heavy atom. The van der Waals surface area contributed by atoms with Gasteiger partial charge < -0.3 is 10.6 Å². The van der Waals surface area contributed by atoms with Gasteiger partial charge in [0, 0.05) is 22.5 Å². The fourth-order valence-electron chi connectivity index (χ4n) is 2.67. The highest BCUT2D eigenvalue weighted by atomic mass is 32.1. The maximum atomic E-state index is 13.8. The molecule has 0 radical (unpaired) electrons. The summed E-state index contributed by atoms with van der Waals surface area (Å²) in [7, 11) is 0. The van der Waals surface area contributed by atoms with Crippen molar-refractivity contribution in [3.8, 4) is 0 Å². The molecule has 2 aromatic carbocycles. The van der Waals surface area contributed by atoms with Crippen molar-refractivity contribution in [2.75, 3.05) is 5.32 Å². The maximum Gasteiger partial charge on any atom is 0.258 e. The van der Waals surface area contributed by atoms with Crippen LogP contribution in [0.3, 0.4) is 0 Å². The third kappa shape index (κ3) is 5.06. The Kier molecular flexibility index (Phi) is 6.39. The van der Waals surface area contributed by atoms with Gasteiger partial charge in [0.25, 0.3) is 11.8 Å². The third-order valence-corrected chi connectivity index (χ3v) is 5.55. The second-order valence-corrected chi connectivity index (χ2v) is 7.87. The van der Waals surface area contributed by atoms with Gasteiger partial charge in [0.2, 0.25) is 0 Å². The standard InChI is InChI=1S/C22H22FN3O2S/c1-13(2)22-25-16(12-29-22)11-24-20(27)15-9-8-14(3)19(10-15)26-21(28)17-6-4-5-7-18(17)23/h4-10,12-13H,11H2,1-3H3,(H,24,27)(H,26,28). The topological polar surface area (TPSA) is 71.1 Å². The molecule has 0 spiro atoms. The van der Waals surface area contributed by atoms with Crippen LogP contribution in [0, 0.1) is 12.7 Å². The predicted octanol–water partition coefficient (Wildman–Crippen LogP) is 4.90. The average molecular weight is 412 g/mol. The van der Waals surface area contributed by atoms with E-state index in [9.17, 15) is 14.0 Å². The van der Waals surface area contributed by atoms with E-state index < -0.39 is 11.7 Å². The number of carbonyl (C=O) groups is 2. The van der Waals surface area contributed by atoms with E-state index in [1.807, 2.05) is 5.38 Å². The van der Waals surface area contributed by atoms with Crippen LogP contribution in [-0.2, 0) is 6.54 Å². The fraction of sp³-hybridized carbons (Fsp3) is 0.227. The van der Waals surface area contributed by atoms with Crippen molar-refractivity contribution in [1.29, 1.82) is 0 Å². The average Bonchev–Trinajstić information content (AvgIpc) is 3.17. The molecule has 0 saturated heterocycles. The molecule has 0 bridgehead atoms. The molecular weight excluding hydrogens is 389 g/mol. The summed E-state index contributed by atoms with van der Waals surface area (Å²) >= 11 is 1.57. The van der Waals surface area contributed by atoms with E-state index in [0.29, 0.717) is 23.7 Å². The molecule has 29 heavy (non-hydrogen) atoms. The highest BCUT2D eigenvalue weighted by molar-refractivity contribution is 7.09. The van der Waals surface area contributed by atoms with Gasteiger partial charge in [-0.15, -0.1) is 11.3 Å². The number of hydrogen-bond acceptors (Lipinski definition) is 4. The summed E-state index contributed by atoms with van der Waals surface area (Å²) < 4.78 is 13.8. The van der Waals surface area contributed by atoms with Gasteiger partial charge in [-0.1, -0.05) is 32.0 Å². The molecule has 0 saturated carbocycles. The summed E-state index contributed by atoms with van der Waals surface area (Å²) in [6, 6.07) is 10.8. The van der Waals surface area contributed by atoms with Gasteiger partial charge in [0.05, 0.1) is 22.8 Å². The van der Waals surface area contributed by atoms with Gasteiger partial charge >= 0.3 is 0 Å². The zero-order valence-electron chi connectivity index (χ0n) is 16.5. The van der Waals surface area contributed by atoms with E-state index >= 15 is 0 Å². The lowest BCUT2D eigenvalue weighted by atomic mass is 10.1. The number of anilines is 1. The molecule has 150 valence electrons. The number of nitrogens with zero attached hydrogens (tertiary/aromatic N) is 1. The maximum absolute atomic E-state index is 13.8. The quantitative estimate of drug-likeness (QED) is 0.606. The van der Waals surface area contributed by atoms with Gasteiger partial charge in [-0.25, -0.2) is 9.37 Å². The molecule has 0 aliphatic heterocycles. The first kappa shape index (κ1) is 20.7. The first-order valence-corrected chi connectivity index (χ1v) is 10.1. The van der Waals surface area contributed by atoms with Gasteiger partial charge in [-0.2, -0.15) is 0 Å². The van der Waals surface area contributed by atoms with Crippen LogP contribution in [0.5, 0.6) is 0 Å². The summed E-state index contributed by atoms with van der Waals surface area (Å²) in [5.41, 5.74) is 2.39. The number of rotatable bonds is 6. The number of thiazole rings is 1. The third-order valence-electron chi connectivity index (χ3n) is 4.36. The number of hydrogen-bond donors (Lipinski definition) is 2. The largest absolute Gasteiger partial charge is 0.346 e. The summed E-state index contributed by atoms with van der Waals surface area (Å²) in [6.07, 6.45) is 0. The van der Waals surface area contributed by atoms with E-state index in [2.05, 4.69) is 29.5 Å². The van der Waals surface area contributed by atoms with Crippen molar-refractivity contribution in [2.24, 2.45) is 0 Å². The van der Waals surface area contributed by atoms with Crippen molar-refractivity contribution in [3.05, 3.63) is 81.1 Å². The lowest BCUT2D eigenvalue weighted by molar-refractivity contribution is 0.0949. The van der Waals surface area contributed by atoms with Gasteiger partial charge in [-0.3, -0.25) is 9.59 Å². The number of nitrogens with one attached hydrogen (secondary N) is 2. The molecule has 3 rings (SSSR count). The molecule has 0 aliphatic carbocycles. The molecular formula is C22H22FN3O2S. The number of aromatic nitrogens is 1. The molecule has 2 amide bonds. The van der Waals surface area contributed by atoms with Crippen LogP contribution in [0.4, 0.5) is 10.1 Å². The minimum absolute atomic E-state index is 0.0498. The van der Waals surface area contributed by atoms with Crippen LogP contribution in [0.1, 0.15) is 56.7 Å². The molecule has 0 atom stereocenters. The number of aryl methyl sites for hydroxylation is 1. The van der Waals surface area contributed by atoms with E-state index in [-0.39, 0.29) is 11.5 Å². The predicted molar refractivity (Wildman–Crippen MR) is 113 cm³/mol. The van der Waals surface area contributed by atoms with Crippen LogP contribution >= 0.6 is 11.3 Å². The first-order valence-electron chi connectivity index (χ1n) is 9.24. The highest BCUT2D eigenvalue weighted by Gasteiger charge is 2.14. The normalized spacial score (nSPS) is 10.8. The van der Waals surface area contributed by atoms with E-state index in [4.69, 9.17) is 0 Å². The summed E-state index contributed by atoms with van der Waals surface area (Å²) in [6.45, 7) is 6.28. The monoisotopic (exact) mass is 411 g/mol. The molecule has 1 heterocycles. The summed E-state index contributed by atoms with van der Waals surface area (Å²) in [4.78, 5) is 29.4. The summed E-state index contributed by atoms with van der Waals surface area (Å²) in [5.74, 6) is -1.08. The van der Waals surface area contributed by atoms with E-state index in [1.165, 1.54) is 18.2 Å². The van der Waals surface area contributed by atoms with Crippen LogP contribution in [-0.4, -0.2) is 16.8 Å². The Morgan fingerprint density at radius 3 is 2.59 bits per heavy atom. The van der Waals surface area contributed by atoms with Crippen molar-refractivity contribution in [1.82, 2.24) is 10.3 Å². The molecule has 1 aromatic heterocycles. The molecule has 5 nitrogen and oxygen atoms in total. The zero-order chi connectivity index (χ0) is 21.0. The Morgan fingerprint density at radius 2 is 1.90 bits per heavy atom. The van der Waals surface area contributed by atoms with Crippen molar-refractivity contribution in [3.63, 3.8) is 0 Å². The minimum Gasteiger partial charge on any atom is -0.346 e. The second kappa shape index (κ2) is 8.96. The van der Waals surface area contributed by atoms with Crippen LogP contribution in [0.2, 0.25) is 0 Å². The number of carbonyl (C=O) groups excluding carboxylic acids is 2. The SMILES string of the molecule is Cc1ccc(C(=O)NCc2csc(C(C)C)n2)cc1NC(=O)c1ccccc1F. The number of benzene rings is 2. The lowest BCUT2D eigenvalue weighted by Crippen LogP contribution is -2.23. The molecule has 2 N–H and O–H groups in total. The Balaban J connectivity index is 1.69. The zero-order valence-corrected chi connectivity index (χ0v) is 17.3. The van der Waals surface area contributed by atoms with E-state index in [0.717, 1.165) is 16.3 Å². The minimum atomic E-state index is -0.597. The highest BCUT2D eigenvalue weighted by Crippen LogP contribution is 2.20. The van der Waals surface area contributed by atoms with Crippen LogP contribution in [0.15, 0.2) is 47.8 Å². The Hall–Kier alpha value is -3.06.